The SMILES string of the molecule is CCn1c2ccccc2c2cc(-c3nn(-c4ccccc4)cc3/C=C(\C#N)c3nc4c(s3)C[C@H](C)CC4)ccc21. The van der Waals surface area contributed by atoms with Gasteiger partial charge in [0.25, 0.3) is 0 Å². The van der Waals surface area contributed by atoms with Gasteiger partial charge < -0.3 is 4.57 Å². The minimum Gasteiger partial charge on any atom is -0.341 e. The molecule has 0 fully saturated rings. The molecule has 6 aromatic rings. The van der Waals surface area contributed by atoms with E-state index >= 15 is 0 Å². The normalized spacial score (nSPS) is 15.4. The van der Waals surface area contributed by atoms with Crippen LogP contribution in [0.4, 0.5) is 0 Å². The van der Waals surface area contributed by atoms with Crippen LogP contribution in [0.5, 0.6) is 0 Å². The minimum absolute atomic E-state index is 0.588. The van der Waals surface area contributed by atoms with Gasteiger partial charge in [-0.05, 0) is 68.5 Å². The molecule has 0 radical (unpaired) electrons. The molecule has 7 rings (SSSR count). The van der Waals surface area contributed by atoms with Crippen molar-refractivity contribution in [1.29, 1.82) is 5.26 Å². The number of hydrogen-bond donors (Lipinski definition) is 0. The molecule has 196 valence electrons. The topological polar surface area (TPSA) is 59.4 Å². The van der Waals surface area contributed by atoms with Crippen LogP contribution in [0, 0.1) is 17.2 Å². The largest absolute Gasteiger partial charge is 0.341 e. The van der Waals surface area contributed by atoms with Gasteiger partial charge in [-0.15, -0.1) is 11.3 Å². The summed E-state index contributed by atoms with van der Waals surface area (Å²) >= 11 is 1.67. The Morgan fingerprint density at radius 3 is 2.67 bits per heavy atom. The van der Waals surface area contributed by atoms with Gasteiger partial charge in [-0.1, -0.05) is 49.4 Å². The third-order valence-electron chi connectivity index (χ3n) is 7.96. The molecule has 0 amide bonds. The lowest BCUT2D eigenvalue weighted by molar-refractivity contribution is 0.502. The molecule has 3 aromatic carbocycles. The highest BCUT2D eigenvalue weighted by Crippen LogP contribution is 2.36. The van der Waals surface area contributed by atoms with Crippen molar-refractivity contribution in [2.45, 2.75) is 39.7 Å². The molecule has 1 atom stereocenters. The number of nitrogens with zero attached hydrogens (tertiary/aromatic N) is 5. The Morgan fingerprint density at radius 2 is 1.85 bits per heavy atom. The number of thiazole rings is 1. The van der Waals surface area contributed by atoms with Crippen LogP contribution >= 0.6 is 11.3 Å². The van der Waals surface area contributed by atoms with E-state index in [0.29, 0.717) is 11.5 Å². The fraction of sp³-hybridized carbons (Fsp3) is 0.206. The number of nitriles is 1. The second kappa shape index (κ2) is 9.93. The zero-order chi connectivity index (χ0) is 27.2. The van der Waals surface area contributed by atoms with E-state index in [1.54, 1.807) is 11.3 Å². The molecule has 0 unspecified atom stereocenters. The highest BCUT2D eigenvalue weighted by Gasteiger charge is 2.22. The van der Waals surface area contributed by atoms with Gasteiger partial charge in [-0.25, -0.2) is 9.67 Å². The van der Waals surface area contributed by atoms with E-state index in [4.69, 9.17) is 10.1 Å². The third-order valence-corrected chi connectivity index (χ3v) is 9.12. The van der Waals surface area contributed by atoms with E-state index < -0.39 is 0 Å². The van der Waals surface area contributed by atoms with Crippen molar-refractivity contribution >= 4 is 44.8 Å². The van der Waals surface area contributed by atoms with E-state index in [1.807, 2.05) is 47.3 Å². The molecule has 0 bridgehead atoms. The molecule has 0 spiro atoms. The van der Waals surface area contributed by atoms with Crippen LogP contribution in [-0.4, -0.2) is 19.3 Å². The van der Waals surface area contributed by atoms with Gasteiger partial charge in [0.05, 0.1) is 17.0 Å². The predicted octanol–water partition coefficient (Wildman–Crippen LogP) is 8.31. The Kier molecular flexibility index (Phi) is 6.10. The van der Waals surface area contributed by atoms with E-state index in [-0.39, 0.29) is 0 Å². The number of aromatic nitrogens is 4. The predicted molar refractivity (Wildman–Crippen MR) is 164 cm³/mol. The molecule has 0 saturated heterocycles. The summed E-state index contributed by atoms with van der Waals surface area (Å²) in [6, 6.07) is 27.7. The maximum atomic E-state index is 10.2. The molecule has 3 aromatic heterocycles. The summed E-state index contributed by atoms with van der Waals surface area (Å²) in [5.41, 5.74) is 7.96. The van der Waals surface area contributed by atoms with Gasteiger partial charge in [0, 0.05) is 50.6 Å². The number of rotatable bonds is 5. The lowest BCUT2D eigenvalue weighted by Gasteiger charge is -2.15. The van der Waals surface area contributed by atoms with E-state index in [9.17, 15) is 5.26 Å². The van der Waals surface area contributed by atoms with Crippen molar-refractivity contribution in [3.8, 4) is 23.0 Å². The highest BCUT2D eigenvalue weighted by molar-refractivity contribution is 7.13. The maximum absolute atomic E-state index is 10.2. The summed E-state index contributed by atoms with van der Waals surface area (Å²) in [4.78, 5) is 6.23. The standard InChI is InChI=1S/C34H29N5S/c1-3-38-30-12-8-7-11-27(30)28-19-23(14-16-31(28)38)33-25(21-39(37-33)26-9-5-4-6-10-26)18-24(20-35)34-36-29-15-13-22(2)17-32(29)40-34/h4-12,14,16,18-19,21-22H,3,13,15,17H2,1-2H3/b24-18+/t22-/m1/s1. The molecule has 0 N–H and O–H groups in total. The van der Waals surface area contributed by atoms with Crippen molar-refractivity contribution in [2.75, 3.05) is 0 Å². The van der Waals surface area contributed by atoms with Crippen LogP contribution in [0.3, 0.4) is 0 Å². The first-order valence-corrected chi connectivity index (χ1v) is 14.7. The van der Waals surface area contributed by atoms with E-state index in [2.05, 4.69) is 66.9 Å². The van der Waals surface area contributed by atoms with Crippen LogP contribution in [-0.2, 0) is 19.4 Å². The van der Waals surface area contributed by atoms with Gasteiger partial charge >= 0.3 is 0 Å². The monoisotopic (exact) mass is 539 g/mol. The molecule has 3 heterocycles. The Morgan fingerprint density at radius 1 is 1.05 bits per heavy atom. The molecular formula is C34H29N5S. The molecule has 1 aliphatic carbocycles. The number of fused-ring (bicyclic) bond motifs is 4. The average molecular weight is 540 g/mol. The Balaban J connectivity index is 1.40. The number of benzene rings is 3. The first kappa shape index (κ1) is 24.6. The summed E-state index contributed by atoms with van der Waals surface area (Å²) < 4.78 is 4.26. The van der Waals surface area contributed by atoms with Gasteiger partial charge in [-0.2, -0.15) is 10.4 Å². The first-order chi connectivity index (χ1) is 19.6. The minimum atomic E-state index is 0.588. The number of para-hydroxylation sites is 2. The van der Waals surface area contributed by atoms with Crippen LogP contribution in [0.15, 0.2) is 79.0 Å². The number of allylic oxidation sites excluding steroid dienone is 1. The Hall–Kier alpha value is -4.47. The lowest BCUT2D eigenvalue weighted by Crippen LogP contribution is -2.09. The van der Waals surface area contributed by atoms with Gasteiger partial charge in [0.1, 0.15) is 16.8 Å². The van der Waals surface area contributed by atoms with Crippen molar-refractivity contribution < 1.29 is 0 Å². The second-order valence-corrected chi connectivity index (χ2v) is 11.7. The molecule has 5 nitrogen and oxygen atoms in total. The van der Waals surface area contributed by atoms with Crippen molar-refractivity contribution in [1.82, 2.24) is 19.3 Å². The van der Waals surface area contributed by atoms with Crippen molar-refractivity contribution in [3.63, 3.8) is 0 Å². The van der Waals surface area contributed by atoms with E-state index in [0.717, 1.165) is 59.0 Å². The van der Waals surface area contributed by atoms with Crippen LogP contribution in [0.25, 0.3) is 50.4 Å². The average Bonchev–Trinajstić information content (AvgIpc) is 3.69. The highest BCUT2D eigenvalue weighted by atomic mass is 32.1. The molecular weight excluding hydrogens is 510 g/mol. The van der Waals surface area contributed by atoms with Crippen LogP contribution in [0.1, 0.15) is 41.4 Å². The Bertz CT molecular complexity index is 1950. The molecule has 0 aliphatic heterocycles. The van der Waals surface area contributed by atoms with Crippen molar-refractivity contribution in [3.05, 3.63) is 100 Å². The van der Waals surface area contributed by atoms with Crippen LogP contribution in [0.2, 0.25) is 0 Å². The first-order valence-electron chi connectivity index (χ1n) is 13.9. The van der Waals surface area contributed by atoms with Crippen LogP contribution < -0.4 is 0 Å². The summed E-state index contributed by atoms with van der Waals surface area (Å²) in [6.07, 6.45) is 7.20. The maximum Gasteiger partial charge on any atom is 0.134 e. The molecule has 1 aliphatic rings. The smallest absolute Gasteiger partial charge is 0.134 e. The van der Waals surface area contributed by atoms with Gasteiger partial charge in [-0.3, -0.25) is 0 Å². The summed E-state index contributed by atoms with van der Waals surface area (Å²) in [7, 11) is 0. The summed E-state index contributed by atoms with van der Waals surface area (Å²) in [6.45, 7) is 5.38. The number of aryl methyl sites for hydroxylation is 2. The summed E-state index contributed by atoms with van der Waals surface area (Å²) in [5, 5.41) is 18.6. The fourth-order valence-corrected chi connectivity index (χ4v) is 7.16. The zero-order valence-electron chi connectivity index (χ0n) is 22.6. The Labute approximate surface area is 237 Å². The fourth-order valence-electron chi connectivity index (χ4n) is 5.92. The molecule has 6 heteroatoms. The van der Waals surface area contributed by atoms with Crippen molar-refractivity contribution in [2.24, 2.45) is 5.92 Å². The van der Waals surface area contributed by atoms with Gasteiger partial charge in [0.15, 0.2) is 0 Å². The second-order valence-electron chi connectivity index (χ2n) is 10.6. The quantitative estimate of drug-likeness (QED) is 0.207. The zero-order valence-corrected chi connectivity index (χ0v) is 23.4. The molecule has 0 saturated carbocycles. The number of hydrogen-bond acceptors (Lipinski definition) is 4. The lowest BCUT2D eigenvalue weighted by atomic mass is 9.93. The van der Waals surface area contributed by atoms with E-state index in [1.165, 1.54) is 26.7 Å². The molecule has 40 heavy (non-hydrogen) atoms. The third kappa shape index (κ3) is 4.14. The van der Waals surface area contributed by atoms with Gasteiger partial charge in [0.2, 0.25) is 0 Å². The summed E-state index contributed by atoms with van der Waals surface area (Å²) in [5.74, 6) is 0.666.